The molecule has 1 heterocycles. The van der Waals surface area contributed by atoms with Crippen LogP contribution in [-0.2, 0) is 9.84 Å². The molecule has 1 N–H and O–H groups in total. The first-order valence-electron chi connectivity index (χ1n) is 5.07. The maximum absolute atomic E-state index is 11.3. The number of allylic oxidation sites excluding steroid dienone is 1. The van der Waals surface area contributed by atoms with Crippen molar-refractivity contribution in [1.82, 2.24) is 5.32 Å². The number of hydrogen-bond acceptors (Lipinski definition) is 3. The van der Waals surface area contributed by atoms with E-state index >= 15 is 0 Å². The summed E-state index contributed by atoms with van der Waals surface area (Å²) in [7, 11) is -2.77. The SMILES string of the molecule is CC(C)=CCNC1CCCS(=O)(=O)C1. The Hall–Kier alpha value is -0.350. The molecule has 1 aliphatic rings. The summed E-state index contributed by atoms with van der Waals surface area (Å²) in [6.07, 6.45) is 3.87. The highest BCUT2D eigenvalue weighted by molar-refractivity contribution is 7.91. The number of rotatable bonds is 3. The number of nitrogens with one attached hydrogen (secondary N) is 1. The molecule has 1 fully saturated rings. The summed E-state index contributed by atoms with van der Waals surface area (Å²) >= 11 is 0. The van der Waals surface area contributed by atoms with Gasteiger partial charge in [-0.3, -0.25) is 0 Å². The molecular formula is C10H19NO2S. The second kappa shape index (κ2) is 4.94. The average Bonchev–Trinajstić information content (AvgIpc) is 2.01. The smallest absolute Gasteiger partial charge is 0.151 e. The summed E-state index contributed by atoms with van der Waals surface area (Å²) in [5, 5.41) is 3.25. The first kappa shape index (κ1) is 11.7. The van der Waals surface area contributed by atoms with Crippen molar-refractivity contribution in [2.24, 2.45) is 0 Å². The van der Waals surface area contributed by atoms with E-state index in [-0.39, 0.29) is 6.04 Å². The molecule has 0 aromatic heterocycles. The molecule has 3 nitrogen and oxygen atoms in total. The van der Waals surface area contributed by atoms with Gasteiger partial charge in [0.2, 0.25) is 0 Å². The summed E-state index contributed by atoms with van der Waals surface area (Å²) < 4.78 is 22.6. The maximum Gasteiger partial charge on any atom is 0.151 e. The van der Waals surface area contributed by atoms with Crippen LogP contribution in [0.4, 0.5) is 0 Å². The van der Waals surface area contributed by atoms with Crippen LogP contribution < -0.4 is 5.32 Å². The van der Waals surface area contributed by atoms with Crippen molar-refractivity contribution >= 4 is 9.84 Å². The second-order valence-electron chi connectivity index (χ2n) is 4.14. The van der Waals surface area contributed by atoms with Gasteiger partial charge in [0.25, 0.3) is 0 Å². The van der Waals surface area contributed by atoms with Gasteiger partial charge in [0.15, 0.2) is 9.84 Å². The highest BCUT2D eigenvalue weighted by Gasteiger charge is 2.23. The van der Waals surface area contributed by atoms with Gasteiger partial charge in [0.05, 0.1) is 11.5 Å². The second-order valence-corrected chi connectivity index (χ2v) is 6.37. The molecule has 0 bridgehead atoms. The lowest BCUT2D eigenvalue weighted by atomic mass is 10.2. The molecule has 1 unspecified atom stereocenters. The molecule has 0 spiro atoms. The highest BCUT2D eigenvalue weighted by Crippen LogP contribution is 2.11. The van der Waals surface area contributed by atoms with Crippen molar-refractivity contribution in [3.8, 4) is 0 Å². The number of hydrogen-bond donors (Lipinski definition) is 1. The van der Waals surface area contributed by atoms with Crippen LogP contribution in [0.25, 0.3) is 0 Å². The topological polar surface area (TPSA) is 46.2 Å². The summed E-state index contributed by atoms with van der Waals surface area (Å²) in [5.41, 5.74) is 1.26. The van der Waals surface area contributed by atoms with E-state index in [4.69, 9.17) is 0 Å². The molecule has 0 saturated carbocycles. The Bertz CT molecular complexity index is 302. The van der Waals surface area contributed by atoms with E-state index in [1.807, 2.05) is 13.8 Å². The molecule has 1 atom stereocenters. The van der Waals surface area contributed by atoms with Crippen LogP contribution in [0.2, 0.25) is 0 Å². The van der Waals surface area contributed by atoms with Gasteiger partial charge in [-0.25, -0.2) is 8.42 Å². The molecule has 0 radical (unpaired) electrons. The van der Waals surface area contributed by atoms with Crippen LogP contribution in [-0.4, -0.2) is 32.5 Å². The van der Waals surface area contributed by atoms with Gasteiger partial charge in [0.1, 0.15) is 0 Å². The van der Waals surface area contributed by atoms with Gasteiger partial charge in [-0.15, -0.1) is 0 Å². The Morgan fingerprint density at radius 3 is 2.79 bits per heavy atom. The van der Waals surface area contributed by atoms with Crippen molar-refractivity contribution in [2.75, 3.05) is 18.1 Å². The van der Waals surface area contributed by atoms with Gasteiger partial charge in [-0.05, 0) is 26.7 Å². The van der Waals surface area contributed by atoms with Crippen LogP contribution >= 0.6 is 0 Å². The van der Waals surface area contributed by atoms with Crippen LogP contribution in [0.1, 0.15) is 26.7 Å². The predicted octanol–water partition coefficient (Wildman–Crippen LogP) is 1.12. The van der Waals surface area contributed by atoms with Crippen LogP contribution in [0.5, 0.6) is 0 Å². The zero-order chi connectivity index (χ0) is 10.6. The van der Waals surface area contributed by atoms with Crippen molar-refractivity contribution in [3.63, 3.8) is 0 Å². The molecule has 0 amide bonds. The zero-order valence-electron chi connectivity index (χ0n) is 8.91. The minimum absolute atomic E-state index is 0.157. The van der Waals surface area contributed by atoms with Crippen LogP contribution in [0.3, 0.4) is 0 Å². The first-order valence-corrected chi connectivity index (χ1v) is 6.89. The van der Waals surface area contributed by atoms with Gasteiger partial charge >= 0.3 is 0 Å². The van der Waals surface area contributed by atoms with Gasteiger partial charge < -0.3 is 5.32 Å². The van der Waals surface area contributed by atoms with Crippen LogP contribution in [0, 0.1) is 0 Å². The van der Waals surface area contributed by atoms with Crippen molar-refractivity contribution in [1.29, 1.82) is 0 Å². The highest BCUT2D eigenvalue weighted by atomic mass is 32.2. The van der Waals surface area contributed by atoms with E-state index in [1.165, 1.54) is 5.57 Å². The fourth-order valence-electron chi connectivity index (χ4n) is 1.61. The molecule has 82 valence electrons. The molecule has 0 aromatic rings. The average molecular weight is 217 g/mol. The molecular weight excluding hydrogens is 198 g/mol. The molecule has 1 rings (SSSR count). The third-order valence-corrected chi connectivity index (χ3v) is 4.20. The Labute approximate surface area is 86.5 Å². The fraction of sp³-hybridized carbons (Fsp3) is 0.800. The summed E-state index contributed by atoms with van der Waals surface area (Å²) in [6.45, 7) is 4.86. The molecule has 0 aliphatic carbocycles. The Balaban J connectivity index is 2.35. The van der Waals surface area contributed by atoms with Crippen molar-refractivity contribution in [3.05, 3.63) is 11.6 Å². The van der Waals surface area contributed by atoms with E-state index in [0.717, 1.165) is 19.4 Å². The zero-order valence-corrected chi connectivity index (χ0v) is 9.73. The van der Waals surface area contributed by atoms with Crippen LogP contribution in [0.15, 0.2) is 11.6 Å². The molecule has 1 saturated heterocycles. The third kappa shape index (κ3) is 4.24. The first-order chi connectivity index (χ1) is 6.49. The Kier molecular flexibility index (Phi) is 4.13. The lowest BCUT2D eigenvalue weighted by molar-refractivity contribution is 0.498. The van der Waals surface area contributed by atoms with Gasteiger partial charge in [-0.1, -0.05) is 11.6 Å². The van der Waals surface area contributed by atoms with E-state index in [0.29, 0.717) is 11.5 Å². The Morgan fingerprint density at radius 2 is 2.21 bits per heavy atom. The number of sulfone groups is 1. The molecule has 1 aliphatic heterocycles. The normalized spacial score (nSPS) is 25.7. The summed E-state index contributed by atoms with van der Waals surface area (Å²) in [4.78, 5) is 0. The lowest BCUT2D eigenvalue weighted by Gasteiger charge is -2.22. The molecule has 14 heavy (non-hydrogen) atoms. The fourth-order valence-corrected chi connectivity index (χ4v) is 3.28. The summed E-state index contributed by atoms with van der Waals surface area (Å²) in [6, 6.07) is 0.157. The predicted molar refractivity (Wildman–Crippen MR) is 59.1 cm³/mol. The minimum Gasteiger partial charge on any atom is -0.310 e. The van der Waals surface area contributed by atoms with Gasteiger partial charge in [-0.2, -0.15) is 0 Å². The Morgan fingerprint density at radius 1 is 1.50 bits per heavy atom. The largest absolute Gasteiger partial charge is 0.310 e. The monoisotopic (exact) mass is 217 g/mol. The van der Waals surface area contributed by atoms with Crippen molar-refractivity contribution < 1.29 is 8.42 Å². The molecule has 4 heteroatoms. The summed E-state index contributed by atoms with van der Waals surface area (Å²) in [5.74, 6) is 0.678. The van der Waals surface area contributed by atoms with E-state index in [9.17, 15) is 8.42 Å². The van der Waals surface area contributed by atoms with E-state index in [2.05, 4.69) is 11.4 Å². The van der Waals surface area contributed by atoms with Crippen molar-refractivity contribution in [2.45, 2.75) is 32.7 Å². The third-order valence-electron chi connectivity index (χ3n) is 2.38. The lowest BCUT2D eigenvalue weighted by Crippen LogP contribution is -2.40. The van der Waals surface area contributed by atoms with E-state index in [1.54, 1.807) is 0 Å². The maximum atomic E-state index is 11.3. The van der Waals surface area contributed by atoms with E-state index < -0.39 is 9.84 Å². The standard InChI is InChI=1S/C10H19NO2S/c1-9(2)5-6-11-10-4-3-7-14(12,13)8-10/h5,10-11H,3-4,6-8H2,1-2H3. The molecule has 0 aromatic carbocycles. The van der Waals surface area contributed by atoms with Gasteiger partial charge in [0, 0.05) is 12.6 Å². The quantitative estimate of drug-likeness (QED) is 0.721. The minimum atomic E-state index is -2.77.